The van der Waals surface area contributed by atoms with Gasteiger partial charge in [0.05, 0.1) is 5.69 Å². The number of piperidine rings is 1. The highest BCUT2D eigenvalue weighted by Gasteiger charge is 2.47. The fourth-order valence-corrected chi connectivity index (χ4v) is 3.05. The summed E-state index contributed by atoms with van der Waals surface area (Å²) in [6.07, 6.45) is 7.32. The number of hydrogen-bond donors (Lipinski definition) is 2. The summed E-state index contributed by atoms with van der Waals surface area (Å²) >= 11 is 0. The van der Waals surface area contributed by atoms with E-state index in [4.69, 9.17) is 0 Å². The van der Waals surface area contributed by atoms with Gasteiger partial charge in [0.1, 0.15) is 5.60 Å². The van der Waals surface area contributed by atoms with Crippen LogP contribution in [0.5, 0.6) is 0 Å². The Bertz CT molecular complexity index is 492. The molecule has 0 spiro atoms. The number of aromatic nitrogens is 1. The van der Waals surface area contributed by atoms with Crippen LogP contribution in [0, 0.1) is 5.92 Å². The molecule has 21 heavy (non-hydrogen) atoms. The van der Waals surface area contributed by atoms with Gasteiger partial charge in [0.15, 0.2) is 0 Å². The van der Waals surface area contributed by atoms with Crippen LogP contribution in [0.1, 0.15) is 32.6 Å². The first-order chi connectivity index (χ1) is 10.1. The normalized spacial score (nSPS) is 22.7. The molecule has 0 radical (unpaired) electrons. The van der Waals surface area contributed by atoms with Crippen molar-refractivity contribution in [2.24, 2.45) is 5.92 Å². The molecule has 2 aliphatic rings. The van der Waals surface area contributed by atoms with Gasteiger partial charge in [0.25, 0.3) is 5.91 Å². The fourth-order valence-electron chi connectivity index (χ4n) is 3.05. The van der Waals surface area contributed by atoms with Crippen LogP contribution in [0.2, 0.25) is 0 Å². The third kappa shape index (κ3) is 3.18. The van der Waals surface area contributed by atoms with E-state index in [9.17, 15) is 9.90 Å². The minimum atomic E-state index is -1.16. The van der Waals surface area contributed by atoms with E-state index in [0.717, 1.165) is 31.4 Å². The Hall–Kier alpha value is -1.62. The maximum atomic E-state index is 12.4. The van der Waals surface area contributed by atoms with E-state index in [1.807, 2.05) is 23.2 Å². The second-order valence-electron chi connectivity index (χ2n) is 6.37. The summed E-state index contributed by atoms with van der Waals surface area (Å²) in [5.41, 5.74) is -0.142. The first-order valence-electron chi connectivity index (χ1n) is 7.75. The Labute approximate surface area is 125 Å². The third-order valence-electron chi connectivity index (χ3n) is 4.62. The van der Waals surface area contributed by atoms with Gasteiger partial charge in [0, 0.05) is 31.5 Å². The average molecular weight is 289 g/mol. The van der Waals surface area contributed by atoms with Crippen LogP contribution in [-0.2, 0) is 4.79 Å². The maximum Gasteiger partial charge on any atom is 0.254 e. The van der Waals surface area contributed by atoms with Crippen molar-refractivity contribution < 1.29 is 9.90 Å². The molecular formula is C16H23N3O2. The molecule has 2 fully saturated rings. The Balaban J connectivity index is 1.52. The monoisotopic (exact) mass is 289 g/mol. The Morgan fingerprint density at radius 2 is 2.10 bits per heavy atom. The number of amides is 1. The molecule has 2 heterocycles. The van der Waals surface area contributed by atoms with E-state index in [0.29, 0.717) is 19.1 Å². The standard InChI is InChI=1S/C16H23N3O2/c1-16(21,12-4-5-12)15(20)19-9-6-13(7-10-19)18-14-3-2-8-17-11-14/h2-3,8,11-13,18,21H,4-7,9-10H2,1H3. The van der Waals surface area contributed by atoms with E-state index in [1.165, 1.54) is 0 Å². The van der Waals surface area contributed by atoms with Crippen LogP contribution in [-0.4, -0.2) is 45.6 Å². The number of likely N-dealkylation sites (tertiary alicyclic amines) is 1. The van der Waals surface area contributed by atoms with Crippen molar-refractivity contribution in [3.8, 4) is 0 Å². The first-order valence-corrected chi connectivity index (χ1v) is 7.75. The van der Waals surface area contributed by atoms with Crippen molar-refractivity contribution in [1.82, 2.24) is 9.88 Å². The number of nitrogens with zero attached hydrogens (tertiary/aromatic N) is 2. The molecule has 1 aromatic rings. The number of pyridine rings is 1. The molecule has 1 unspecified atom stereocenters. The van der Waals surface area contributed by atoms with Crippen LogP contribution >= 0.6 is 0 Å². The number of aliphatic hydroxyl groups is 1. The van der Waals surface area contributed by atoms with Crippen molar-refractivity contribution in [2.45, 2.75) is 44.2 Å². The SMILES string of the molecule is CC(O)(C(=O)N1CCC(Nc2cccnc2)CC1)C1CC1. The summed E-state index contributed by atoms with van der Waals surface area (Å²) in [6, 6.07) is 4.28. The highest BCUT2D eigenvalue weighted by Crippen LogP contribution is 2.40. The van der Waals surface area contributed by atoms with E-state index >= 15 is 0 Å². The smallest absolute Gasteiger partial charge is 0.254 e. The van der Waals surface area contributed by atoms with Crippen molar-refractivity contribution in [1.29, 1.82) is 0 Å². The predicted molar refractivity (Wildman–Crippen MR) is 80.8 cm³/mol. The molecule has 1 aliphatic heterocycles. The molecule has 1 saturated heterocycles. The fraction of sp³-hybridized carbons (Fsp3) is 0.625. The molecule has 1 saturated carbocycles. The topological polar surface area (TPSA) is 65.5 Å². The second kappa shape index (κ2) is 5.64. The zero-order chi connectivity index (χ0) is 14.9. The molecule has 5 heteroatoms. The van der Waals surface area contributed by atoms with Gasteiger partial charge in [-0.15, -0.1) is 0 Å². The van der Waals surface area contributed by atoms with Crippen molar-refractivity contribution in [2.75, 3.05) is 18.4 Å². The Morgan fingerprint density at radius 1 is 1.38 bits per heavy atom. The first kappa shape index (κ1) is 14.3. The van der Waals surface area contributed by atoms with Gasteiger partial charge < -0.3 is 15.3 Å². The van der Waals surface area contributed by atoms with E-state index in [2.05, 4.69) is 10.3 Å². The molecule has 3 rings (SSSR count). The summed E-state index contributed by atoms with van der Waals surface area (Å²) in [7, 11) is 0. The minimum absolute atomic E-state index is 0.0928. The Kier molecular flexibility index (Phi) is 3.85. The maximum absolute atomic E-state index is 12.4. The molecule has 1 aromatic heterocycles. The molecule has 0 aromatic carbocycles. The van der Waals surface area contributed by atoms with Crippen LogP contribution in [0.3, 0.4) is 0 Å². The molecule has 5 nitrogen and oxygen atoms in total. The minimum Gasteiger partial charge on any atom is -0.381 e. The Morgan fingerprint density at radius 3 is 2.67 bits per heavy atom. The van der Waals surface area contributed by atoms with Gasteiger partial charge in [-0.25, -0.2) is 0 Å². The molecule has 1 atom stereocenters. The highest BCUT2D eigenvalue weighted by molar-refractivity contribution is 5.85. The number of carbonyl (C=O) groups is 1. The van der Waals surface area contributed by atoms with Gasteiger partial charge in [-0.05, 0) is 50.7 Å². The highest BCUT2D eigenvalue weighted by atomic mass is 16.3. The lowest BCUT2D eigenvalue weighted by atomic mass is 9.96. The van der Waals surface area contributed by atoms with Crippen molar-refractivity contribution >= 4 is 11.6 Å². The molecule has 1 amide bonds. The number of anilines is 1. The summed E-state index contributed by atoms with van der Waals surface area (Å²) in [6.45, 7) is 3.09. The zero-order valence-electron chi connectivity index (χ0n) is 12.5. The van der Waals surface area contributed by atoms with Crippen LogP contribution in [0.4, 0.5) is 5.69 Å². The zero-order valence-corrected chi connectivity index (χ0v) is 12.5. The number of nitrogens with one attached hydrogen (secondary N) is 1. The summed E-state index contributed by atoms with van der Waals surface area (Å²) in [4.78, 5) is 18.3. The summed E-state index contributed by atoms with van der Waals surface area (Å²) in [5.74, 6) is 0.0704. The van der Waals surface area contributed by atoms with Gasteiger partial charge in [-0.1, -0.05) is 0 Å². The van der Waals surface area contributed by atoms with Crippen LogP contribution < -0.4 is 5.32 Å². The molecule has 0 bridgehead atoms. The number of carbonyl (C=O) groups excluding carboxylic acids is 1. The van der Waals surface area contributed by atoms with Crippen molar-refractivity contribution in [3.05, 3.63) is 24.5 Å². The van der Waals surface area contributed by atoms with Gasteiger partial charge in [0.2, 0.25) is 0 Å². The largest absolute Gasteiger partial charge is 0.381 e. The summed E-state index contributed by atoms with van der Waals surface area (Å²) in [5, 5.41) is 13.8. The van der Waals surface area contributed by atoms with Crippen LogP contribution in [0.25, 0.3) is 0 Å². The lowest BCUT2D eigenvalue weighted by Crippen LogP contribution is -2.52. The van der Waals surface area contributed by atoms with Crippen LogP contribution in [0.15, 0.2) is 24.5 Å². The van der Waals surface area contributed by atoms with Gasteiger partial charge >= 0.3 is 0 Å². The molecule has 1 aliphatic carbocycles. The third-order valence-corrected chi connectivity index (χ3v) is 4.62. The lowest BCUT2D eigenvalue weighted by molar-refractivity contribution is -0.152. The average Bonchev–Trinajstić information content (AvgIpc) is 3.33. The van der Waals surface area contributed by atoms with E-state index < -0.39 is 5.60 Å². The van der Waals surface area contributed by atoms with E-state index in [1.54, 1.807) is 13.1 Å². The van der Waals surface area contributed by atoms with Gasteiger partial charge in [-0.3, -0.25) is 9.78 Å². The number of hydrogen-bond acceptors (Lipinski definition) is 4. The molecule has 114 valence electrons. The van der Waals surface area contributed by atoms with E-state index in [-0.39, 0.29) is 11.8 Å². The van der Waals surface area contributed by atoms with Gasteiger partial charge in [-0.2, -0.15) is 0 Å². The second-order valence-corrected chi connectivity index (χ2v) is 6.37. The number of rotatable bonds is 4. The lowest BCUT2D eigenvalue weighted by Gasteiger charge is -2.36. The summed E-state index contributed by atoms with van der Waals surface area (Å²) < 4.78 is 0. The van der Waals surface area contributed by atoms with Crippen molar-refractivity contribution in [3.63, 3.8) is 0 Å². The quantitative estimate of drug-likeness (QED) is 0.884. The molecular weight excluding hydrogens is 266 g/mol. The molecule has 2 N–H and O–H groups in total. The predicted octanol–water partition coefficient (Wildman–Crippen LogP) is 1.65.